The lowest BCUT2D eigenvalue weighted by atomic mass is 10.4. The fraction of sp³-hybridized carbons (Fsp3) is 0.364. The molecular weight excluding hydrogens is 327 g/mol. The Bertz CT molecular complexity index is 558. The first kappa shape index (κ1) is 17.2. The molecule has 0 atom stereocenters. The quantitative estimate of drug-likeness (QED) is 0.726. The van der Waals surface area contributed by atoms with Gasteiger partial charge in [-0.25, -0.2) is 13.1 Å². The van der Waals surface area contributed by atoms with Crippen molar-refractivity contribution >= 4 is 39.1 Å². The third kappa shape index (κ3) is 5.64. The number of sulfonamides is 1. The summed E-state index contributed by atoms with van der Waals surface area (Å²) in [7, 11) is -2.34. The van der Waals surface area contributed by atoms with Crippen molar-refractivity contribution in [2.45, 2.75) is 4.90 Å². The lowest BCUT2D eigenvalue weighted by molar-refractivity contribution is -0.120. The molecule has 20 heavy (non-hydrogen) atoms. The normalized spacial score (nSPS) is 11.3. The molecule has 6 nitrogen and oxygen atoms in total. The van der Waals surface area contributed by atoms with Crippen LogP contribution in [-0.4, -0.2) is 41.1 Å². The number of carbonyl (C=O) groups excluding carboxylic acids is 1. The summed E-state index contributed by atoms with van der Waals surface area (Å²) in [6, 6.07) is 3.91. The molecule has 0 aliphatic rings. The summed E-state index contributed by atoms with van der Waals surface area (Å²) in [6.45, 7) is 0.276. The molecule has 0 fully saturated rings. The van der Waals surface area contributed by atoms with Gasteiger partial charge in [-0.3, -0.25) is 4.79 Å². The van der Waals surface area contributed by atoms with E-state index in [1.807, 2.05) is 0 Å². The maximum Gasteiger partial charge on any atom is 0.241 e. The van der Waals surface area contributed by atoms with Crippen LogP contribution in [0.2, 0.25) is 10.0 Å². The Kier molecular flexibility index (Phi) is 6.70. The second-order valence-corrected chi connectivity index (χ2v) is 6.41. The number of halogens is 2. The highest BCUT2D eigenvalue weighted by Gasteiger charge is 2.16. The largest absolute Gasteiger partial charge is 0.383 e. The number of nitrogens with one attached hydrogen (secondary N) is 2. The van der Waals surface area contributed by atoms with Gasteiger partial charge < -0.3 is 10.1 Å². The van der Waals surface area contributed by atoms with Crippen LogP contribution in [0.1, 0.15) is 0 Å². The number of hydrogen-bond donors (Lipinski definition) is 2. The molecule has 1 aromatic rings. The number of carbonyl (C=O) groups is 1. The Balaban J connectivity index is 2.64. The summed E-state index contributed by atoms with van der Waals surface area (Å²) in [5.74, 6) is -0.459. The van der Waals surface area contributed by atoms with Gasteiger partial charge in [0.05, 0.1) is 18.0 Å². The van der Waals surface area contributed by atoms with Crippen molar-refractivity contribution in [1.29, 1.82) is 0 Å². The van der Waals surface area contributed by atoms with E-state index in [0.717, 1.165) is 0 Å². The summed E-state index contributed by atoms with van der Waals surface area (Å²) < 4.78 is 30.8. The summed E-state index contributed by atoms with van der Waals surface area (Å²) >= 11 is 11.5. The van der Waals surface area contributed by atoms with E-state index in [1.165, 1.54) is 25.3 Å². The molecule has 112 valence electrons. The van der Waals surface area contributed by atoms with Crippen molar-refractivity contribution in [3.8, 4) is 0 Å². The molecule has 1 rings (SSSR count). The first-order valence-corrected chi connectivity index (χ1v) is 7.80. The highest BCUT2D eigenvalue weighted by molar-refractivity contribution is 7.89. The number of amides is 1. The number of rotatable bonds is 7. The molecule has 0 aliphatic heterocycles. The van der Waals surface area contributed by atoms with E-state index in [9.17, 15) is 13.2 Å². The van der Waals surface area contributed by atoms with Gasteiger partial charge in [0.2, 0.25) is 15.9 Å². The fourth-order valence-corrected chi connectivity index (χ4v) is 2.99. The maximum absolute atomic E-state index is 11.9. The first-order valence-electron chi connectivity index (χ1n) is 5.56. The highest BCUT2D eigenvalue weighted by atomic mass is 35.5. The topological polar surface area (TPSA) is 84.5 Å². The van der Waals surface area contributed by atoms with Crippen LogP contribution in [0.15, 0.2) is 23.1 Å². The van der Waals surface area contributed by atoms with Gasteiger partial charge in [-0.2, -0.15) is 0 Å². The predicted octanol–water partition coefficient (Wildman–Crippen LogP) is 1.03. The van der Waals surface area contributed by atoms with Crippen LogP contribution in [0.25, 0.3) is 0 Å². The van der Waals surface area contributed by atoms with Gasteiger partial charge >= 0.3 is 0 Å². The number of benzene rings is 1. The second-order valence-electron chi connectivity index (χ2n) is 3.77. The van der Waals surface area contributed by atoms with Gasteiger partial charge in [-0.05, 0) is 18.2 Å². The van der Waals surface area contributed by atoms with E-state index in [0.29, 0.717) is 13.2 Å². The van der Waals surface area contributed by atoms with E-state index in [2.05, 4.69) is 10.0 Å². The SMILES string of the molecule is COCCNC(=O)CNS(=O)(=O)c1cc(Cl)cc(Cl)c1. The Morgan fingerprint density at radius 2 is 1.85 bits per heavy atom. The van der Waals surface area contributed by atoms with Crippen molar-refractivity contribution in [1.82, 2.24) is 10.0 Å². The third-order valence-electron chi connectivity index (χ3n) is 2.20. The molecular formula is C11H14Cl2N2O4S. The monoisotopic (exact) mass is 340 g/mol. The van der Waals surface area contributed by atoms with Gasteiger partial charge in [-0.15, -0.1) is 0 Å². The van der Waals surface area contributed by atoms with Crippen molar-refractivity contribution in [3.05, 3.63) is 28.2 Å². The minimum atomic E-state index is -3.84. The van der Waals surface area contributed by atoms with E-state index in [-0.39, 0.29) is 21.5 Å². The number of ether oxygens (including phenoxy) is 1. The van der Waals surface area contributed by atoms with Crippen molar-refractivity contribution in [3.63, 3.8) is 0 Å². The minimum Gasteiger partial charge on any atom is -0.383 e. The zero-order chi connectivity index (χ0) is 15.2. The average molecular weight is 341 g/mol. The molecule has 0 heterocycles. The Labute approximate surface area is 127 Å². The maximum atomic E-state index is 11.9. The molecule has 0 radical (unpaired) electrons. The Morgan fingerprint density at radius 3 is 2.40 bits per heavy atom. The lowest BCUT2D eigenvalue weighted by Gasteiger charge is -2.08. The molecule has 1 aromatic carbocycles. The zero-order valence-electron chi connectivity index (χ0n) is 10.7. The summed E-state index contributed by atoms with van der Waals surface area (Å²) in [5, 5.41) is 2.88. The second kappa shape index (κ2) is 7.80. The number of methoxy groups -OCH3 is 1. The molecule has 1 amide bonds. The van der Waals surface area contributed by atoms with Crippen LogP contribution < -0.4 is 10.0 Å². The molecule has 0 bridgehead atoms. The average Bonchev–Trinajstić information content (AvgIpc) is 2.36. The summed E-state index contributed by atoms with van der Waals surface area (Å²) in [5.41, 5.74) is 0. The van der Waals surface area contributed by atoms with Gasteiger partial charge in [-0.1, -0.05) is 23.2 Å². The minimum absolute atomic E-state index is 0.0975. The van der Waals surface area contributed by atoms with Gasteiger partial charge in [0.1, 0.15) is 0 Å². The predicted molar refractivity (Wildman–Crippen MR) is 76.5 cm³/mol. The standard InChI is InChI=1S/C11H14Cl2N2O4S/c1-19-3-2-14-11(16)7-15-20(17,18)10-5-8(12)4-9(13)6-10/h4-6,15H,2-3,7H2,1H3,(H,14,16). The molecule has 0 aromatic heterocycles. The smallest absolute Gasteiger partial charge is 0.241 e. The van der Waals surface area contributed by atoms with E-state index < -0.39 is 15.9 Å². The van der Waals surface area contributed by atoms with Crippen molar-refractivity contribution in [2.75, 3.05) is 26.8 Å². The van der Waals surface area contributed by atoms with Crippen LogP contribution in [0.5, 0.6) is 0 Å². The van der Waals surface area contributed by atoms with Crippen molar-refractivity contribution < 1.29 is 17.9 Å². The van der Waals surface area contributed by atoms with Gasteiger partial charge in [0.25, 0.3) is 0 Å². The molecule has 0 aliphatic carbocycles. The van der Waals surface area contributed by atoms with Crippen LogP contribution >= 0.6 is 23.2 Å². The van der Waals surface area contributed by atoms with Crippen LogP contribution in [0.4, 0.5) is 0 Å². The van der Waals surface area contributed by atoms with Gasteiger partial charge in [0, 0.05) is 23.7 Å². The summed E-state index contributed by atoms with van der Waals surface area (Å²) in [6.07, 6.45) is 0. The highest BCUT2D eigenvalue weighted by Crippen LogP contribution is 2.21. The van der Waals surface area contributed by atoms with Crippen LogP contribution in [0, 0.1) is 0 Å². The number of hydrogen-bond acceptors (Lipinski definition) is 4. The molecule has 2 N–H and O–H groups in total. The molecule has 0 spiro atoms. The molecule has 0 unspecified atom stereocenters. The first-order chi connectivity index (χ1) is 9.35. The van der Waals surface area contributed by atoms with Gasteiger partial charge in [0.15, 0.2) is 0 Å². The molecule has 0 saturated carbocycles. The fourth-order valence-electron chi connectivity index (χ4n) is 1.28. The van der Waals surface area contributed by atoms with Crippen LogP contribution in [-0.2, 0) is 19.6 Å². The Morgan fingerprint density at radius 1 is 1.25 bits per heavy atom. The molecule has 0 saturated heterocycles. The summed E-state index contributed by atoms with van der Waals surface area (Å²) in [4.78, 5) is 11.3. The molecule has 9 heteroatoms. The van der Waals surface area contributed by atoms with E-state index >= 15 is 0 Å². The van der Waals surface area contributed by atoms with E-state index in [4.69, 9.17) is 27.9 Å². The van der Waals surface area contributed by atoms with Crippen molar-refractivity contribution in [2.24, 2.45) is 0 Å². The lowest BCUT2D eigenvalue weighted by Crippen LogP contribution is -2.38. The third-order valence-corrected chi connectivity index (χ3v) is 4.01. The van der Waals surface area contributed by atoms with Crippen LogP contribution in [0.3, 0.4) is 0 Å². The Hall–Kier alpha value is -0.860. The zero-order valence-corrected chi connectivity index (χ0v) is 13.0. The van der Waals surface area contributed by atoms with E-state index in [1.54, 1.807) is 0 Å².